The summed E-state index contributed by atoms with van der Waals surface area (Å²) in [5, 5.41) is 8.62. The third-order valence-electron chi connectivity index (χ3n) is 4.06. The van der Waals surface area contributed by atoms with Crippen LogP contribution in [0.3, 0.4) is 0 Å². The Morgan fingerprint density at radius 1 is 0.935 bits per heavy atom. The van der Waals surface area contributed by atoms with Gasteiger partial charge in [0.1, 0.15) is 12.4 Å². The van der Waals surface area contributed by atoms with Gasteiger partial charge in [0.25, 0.3) is 5.91 Å². The summed E-state index contributed by atoms with van der Waals surface area (Å²) in [5.41, 5.74) is 1.87. The summed E-state index contributed by atoms with van der Waals surface area (Å²) in [7, 11) is 0. The summed E-state index contributed by atoms with van der Waals surface area (Å²) in [5.74, 6) is 0.615. The molecule has 0 bridgehead atoms. The highest BCUT2D eigenvalue weighted by Crippen LogP contribution is 2.15. The summed E-state index contributed by atoms with van der Waals surface area (Å²) in [6, 6.07) is 13.9. The average molecular weight is 444 g/mol. The lowest BCUT2D eigenvalue weighted by Gasteiger charge is -2.11. The highest BCUT2D eigenvalue weighted by Gasteiger charge is 2.09. The minimum Gasteiger partial charge on any atom is -0.491 e. The molecule has 31 heavy (non-hydrogen) atoms. The monoisotopic (exact) mass is 443 g/mol. The first-order valence-corrected chi connectivity index (χ1v) is 10.6. The maximum absolute atomic E-state index is 12.4. The van der Waals surface area contributed by atoms with Crippen LogP contribution in [-0.4, -0.2) is 36.7 Å². The molecule has 8 heteroatoms. The minimum atomic E-state index is -0.323. The molecule has 0 atom stereocenters. The second-order valence-corrected chi connectivity index (χ2v) is 7.61. The van der Waals surface area contributed by atoms with Crippen LogP contribution in [0.1, 0.15) is 37.6 Å². The Balaban J connectivity index is 1.81. The zero-order chi connectivity index (χ0) is 22.6. The number of ether oxygens (including phenoxy) is 2. The van der Waals surface area contributed by atoms with Gasteiger partial charge in [0.05, 0.1) is 6.61 Å². The number of hydrogen-bond acceptors (Lipinski definition) is 5. The van der Waals surface area contributed by atoms with Crippen molar-refractivity contribution in [2.45, 2.75) is 27.2 Å². The van der Waals surface area contributed by atoms with Gasteiger partial charge in [-0.1, -0.05) is 13.8 Å². The molecule has 2 amide bonds. The fourth-order valence-electron chi connectivity index (χ4n) is 2.62. The van der Waals surface area contributed by atoms with E-state index in [4.69, 9.17) is 21.7 Å². The molecule has 0 aliphatic rings. The Bertz CT molecular complexity index is 867. The van der Waals surface area contributed by atoms with Gasteiger partial charge in [0, 0.05) is 30.0 Å². The van der Waals surface area contributed by atoms with E-state index in [1.54, 1.807) is 48.5 Å². The molecule has 3 N–H and O–H groups in total. The third kappa shape index (κ3) is 9.15. The summed E-state index contributed by atoms with van der Waals surface area (Å²) < 4.78 is 10.8. The van der Waals surface area contributed by atoms with Crippen molar-refractivity contribution in [1.29, 1.82) is 0 Å². The van der Waals surface area contributed by atoms with Crippen molar-refractivity contribution in [3.63, 3.8) is 0 Å². The highest BCUT2D eigenvalue weighted by molar-refractivity contribution is 7.80. The largest absolute Gasteiger partial charge is 0.491 e. The zero-order valence-corrected chi connectivity index (χ0v) is 18.9. The van der Waals surface area contributed by atoms with Crippen molar-refractivity contribution in [3.8, 4) is 5.75 Å². The maximum Gasteiger partial charge on any atom is 0.257 e. The van der Waals surface area contributed by atoms with Crippen LogP contribution in [0, 0.1) is 5.92 Å². The van der Waals surface area contributed by atoms with E-state index in [2.05, 4.69) is 16.0 Å². The van der Waals surface area contributed by atoms with Gasteiger partial charge in [-0.3, -0.25) is 14.9 Å². The van der Waals surface area contributed by atoms with Crippen molar-refractivity contribution >= 4 is 40.5 Å². The van der Waals surface area contributed by atoms with Crippen LogP contribution in [-0.2, 0) is 9.53 Å². The molecular formula is C23H29N3O4S. The number of thiocarbonyl (C=S) groups is 1. The molecule has 2 rings (SSSR count). The second-order valence-electron chi connectivity index (χ2n) is 7.20. The number of rotatable bonds is 10. The molecular weight excluding hydrogens is 414 g/mol. The molecule has 2 aromatic rings. The van der Waals surface area contributed by atoms with E-state index < -0.39 is 0 Å². The summed E-state index contributed by atoms with van der Waals surface area (Å²) in [4.78, 5) is 24.2. The molecule has 0 saturated carbocycles. The number of nitrogens with one attached hydrogen (secondary N) is 3. The molecule has 7 nitrogen and oxygen atoms in total. The standard InChI is InChI=1S/C23H29N3O4S/c1-4-29-13-14-30-20-11-5-17(6-12-20)22(28)26-23(31)25-19-9-7-18(8-10-19)24-21(27)15-16(2)3/h5-12,16H,4,13-15H2,1-3H3,(H,24,27)(H2,25,26,28,31). The highest BCUT2D eigenvalue weighted by atomic mass is 32.1. The smallest absolute Gasteiger partial charge is 0.257 e. The first kappa shape index (κ1) is 24.3. The topological polar surface area (TPSA) is 88.7 Å². The maximum atomic E-state index is 12.4. The molecule has 0 saturated heterocycles. The Morgan fingerprint density at radius 3 is 2.13 bits per heavy atom. The van der Waals surface area contributed by atoms with Gasteiger partial charge in [-0.05, 0) is 73.6 Å². The SMILES string of the molecule is CCOCCOc1ccc(C(=O)NC(=S)Nc2ccc(NC(=O)CC(C)C)cc2)cc1. The molecule has 0 aromatic heterocycles. The number of carbonyl (C=O) groups excluding carboxylic acids is 2. The van der Waals surface area contributed by atoms with E-state index in [-0.39, 0.29) is 16.9 Å². The van der Waals surface area contributed by atoms with E-state index in [9.17, 15) is 9.59 Å². The summed E-state index contributed by atoms with van der Waals surface area (Å²) >= 11 is 5.22. The molecule has 166 valence electrons. The van der Waals surface area contributed by atoms with Crippen LogP contribution < -0.4 is 20.7 Å². The fraction of sp³-hybridized carbons (Fsp3) is 0.348. The number of anilines is 2. The lowest BCUT2D eigenvalue weighted by molar-refractivity contribution is -0.116. The van der Waals surface area contributed by atoms with Gasteiger partial charge >= 0.3 is 0 Å². The van der Waals surface area contributed by atoms with E-state index in [1.807, 2.05) is 20.8 Å². The van der Waals surface area contributed by atoms with Gasteiger partial charge in [-0.2, -0.15) is 0 Å². The van der Waals surface area contributed by atoms with Gasteiger partial charge in [0.15, 0.2) is 5.11 Å². The van der Waals surface area contributed by atoms with Crippen LogP contribution in [0.2, 0.25) is 0 Å². The minimum absolute atomic E-state index is 0.0239. The van der Waals surface area contributed by atoms with Gasteiger partial charge in [-0.25, -0.2) is 0 Å². The van der Waals surface area contributed by atoms with Crippen molar-refractivity contribution in [3.05, 3.63) is 54.1 Å². The average Bonchev–Trinajstić information content (AvgIpc) is 2.72. The quantitative estimate of drug-likeness (QED) is 0.377. The van der Waals surface area contributed by atoms with Crippen molar-refractivity contribution in [2.24, 2.45) is 5.92 Å². The van der Waals surface area contributed by atoms with E-state index in [1.165, 1.54) is 0 Å². The molecule has 0 heterocycles. The lowest BCUT2D eigenvalue weighted by atomic mass is 10.1. The second kappa shape index (κ2) is 12.7. The molecule has 0 spiro atoms. The molecule has 0 unspecified atom stereocenters. The van der Waals surface area contributed by atoms with Crippen molar-refractivity contribution in [1.82, 2.24) is 5.32 Å². The van der Waals surface area contributed by atoms with Crippen LogP contribution in [0.4, 0.5) is 11.4 Å². The van der Waals surface area contributed by atoms with Crippen LogP contribution in [0.25, 0.3) is 0 Å². The number of carbonyl (C=O) groups is 2. The predicted octanol–water partition coefficient (Wildman–Crippen LogP) is 4.21. The summed E-state index contributed by atoms with van der Waals surface area (Å²) in [6.07, 6.45) is 0.469. The van der Waals surface area contributed by atoms with Gasteiger partial charge in [0.2, 0.25) is 5.91 Å². The molecule has 0 fully saturated rings. The molecule has 0 aliphatic heterocycles. The van der Waals surface area contributed by atoms with Crippen LogP contribution in [0.15, 0.2) is 48.5 Å². The van der Waals surface area contributed by atoms with Crippen molar-refractivity contribution < 1.29 is 19.1 Å². The number of amides is 2. The third-order valence-corrected chi connectivity index (χ3v) is 4.27. The Hall–Kier alpha value is -2.97. The molecule has 2 aromatic carbocycles. The van der Waals surface area contributed by atoms with Gasteiger partial charge < -0.3 is 20.1 Å². The van der Waals surface area contributed by atoms with Crippen LogP contribution >= 0.6 is 12.2 Å². The zero-order valence-electron chi connectivity index (χ0n) is 18.1. The molecule has 0 aliphatic carbocycles. The summed E-state index contributed by atoms with van der Waals surface area (Å²) in [6.45, 7) is 7.53. The Kier molecular flexibility index (Phi) is 9.93. The normalized spacial score (nSPS) is 10.5. The van der Waals surface area contributed by atoms with Gasteiger partial charge in [-0.15, -0.1) is 0 Å². The first-order chi connectivity index (χ1) is 14.9. The lowest BCUT2D eigenvalue weighted by Crippen LogP contribution is -2.34. The Morgan fingerprint density at radius 2 is 1.55 bits per heavy atom. The Labute approximate surface area is 188 Å². The van der Waals surface area contributed by atoms with Crippen LogP contribution in [0.5, 0.6) is 5.75 Å². The number of benzene rings is 2. The predicted molar refractivity (Wildman–Crippen MR) is 127 cm³/mol. The van der Waals surface area contributed by atoms with Crippen molar-refractivity contribution in [2.75, 3.05) is 30.5 Å². The van der Waals surface area contributed by atoms with E-state index >= 15 is 0 Å². The number of hydrogen-bond donors (Lipinski definition) is 3. The van der Waals surface area contributed by atoms with E-state index in [0.717, 1.165) is 0 Å². The fourth-order valence-corrected chi connectivity index (χ4v) is 2.83. The first-order valence-electron chi connectivity index (χ1n) is 10.2. The molecule has 0 radical (unpaired) electrons. The van der Waals surface area contributed by atoms with E-state index in [0.29, 0.717) is 54.8 Å².